The molecule has 6 heteroatoms. The van der Waals surface area contributed by atoms with Crippen LogP contribution in [0.2, 0.25) is 0 Å². The van der Waals surface area contributed by atoms with E-state index >= 15 is 0 Å². The fourth-order valence-electron chi connectivity index (χ4n) is 3.21. The molecule has 0 saturated carbocycles. The Kier molecular flexibility index (Phi) is 5.98. The smallest absolute Gasteiger partial charge is 0.223 e. The van der Waals surface area contributed by atoms with Crippen molar-refractivity contribution in [2.75, 3.05) is 19.6 Å². The molecule has 0 unspecified atom stereocenters. The molecule has 0 radical (unpaired) electrons. The molecule has 2 atom stereocenters. The molecule has 1 amide bonds. The number of hydrogen-bond acceptors (Lipinski definition) is 5. The minimum absolute atomic E-state index is 0.0476. The Labute approximate surface area is 153 Å². The molecule has 1 saturated heterocycles. The van der Waals surface area contributed by atoms with Crippen molar-refractivity contribution in [1.82, 2.24) is 15.2 Å². The van der Waals surface area contributed by atoms with Gasteiger partial charge in [-0.1, -0.05) is 36.4 Å². The van der Waals surface area contributed by atoms with Crippen LogP contribution in [0.15, 0.2) is 54.7 Å². The van der Waals surface area contributed by atoms with Gasteiger partial charge in [0.15, 0.2) is 0 Å². The van der Waals surface area contributed by atoms with Crippen LogP contribution in [0.25, 0.3) is 0 Å². The minimum Gasteiger partial charge on any atom is -0.388 e. The van der Waals surface area contributed by atoms with E-state index in [2.05, 4.69) is 10.3 Å². The number of amides is 1. The highest BCUT2D eigenvalue weighted by molar-refractivity contribution is 5.77. The van der Waals surface area contributed by atoms with E-state index in [1.807, 2.05) is 48.5 Å². The zero-order valence-corrected chi connectivity index (χ0v) is 14.7. The lowest BCUT2D eigenvalue weighted by molar-refractivity contribution is -0.131. The molecule has 26 heavy (non-hydrogen) atoms. The average Bonchev–Trinajstić information content (AvgIpc) is 2.96. The second-order valence-corrected chi connectivity index (χ2v) is 6.80. The number of pyridine rings is 1. The van der Waals surface area contributed by atoms with Crippen molar-refractivity contribution < 1.29 is 15.0 Å². The largest absolute Gasteiger partial charge is 0.388 e. The number of carbonyl (C=O) groups excluding carboxylic acids is 1. The zero-order valence-electron chi connectivity index (χ0n) is 14.7. The molecule has 138 valence electrons. The summed E-state index contributed by atoms with van der Waals surface area (Å²) in [7, 11) is 0. The first kappa shape index (κ1) is 18.5. The van der Waals surface area contributed by atoms with Crippen LogP contribution in [0.3, 0.4) is 0 Å². The predicted molar refractivity (Wildman–Crippen MR) is 98.2 cm³/mol. The van der Waals surface area contributed by atoms with Crippen molar-refractivity contribution in [3.63, 3.8) is 0 Å². The standard InChI is InChI=1S/C20H25N3O3/c24-18-13-23(19(25)10-9-16-6-2-1-3-7-16)15-20(18,26)14-21-12-17-8-4-5-11-22-17/h1-8,11,18,21,24,26H,9-10,12-15H2/t18-,20+/m1/s1. The highest BCUT2D eigenvalue weighted by Crippen LogP contribution is 2.22. The molecule has 1 aliphatic heterocycles. The first-order valence-electron chi connectivity index (χ1n) is 8.89. The van der Waals surface area contributed by atoms with Crippen LogP contribution in [0.1, 0.15) is 17.7 Å². The van der Waals surface area contributed by atoms with Gasteiger partial charge in [-0.05, 0) is 24.1 Å². The number of nitrogens with one attached hydrogen (secondary N) is 1. The molecule has 2 aromatic rings. The third kappa shape index (κ3) is 4.66. The van der Waals surface area contributed by atoms with Crippen LogP contribution in [0.5, 0.6) is 0 Å². The maximum absolute atomic E-state index is 12.4. The normalized spacial score (nSPS) is 22.5. The van der Waals surface area contributed by atoms with Gasteiger partial charge in [0, 0.05) is 32.3 Å². The fraction of sp³-hybridized carbons (Fsp3) is 0.400. The van der Waals surface area contributed by atoms with Gasteiger partial charge in [-0.3, -0.25) is 9.78 Å². The molecule has 1 fully saturated rings. The van der Waals surface area contributed by atoms with Crippen molar-refractivity contribution in [1.29, 1.82) is 0 Å². The summed E-state index contributed by atoms with van der Waals surface area (Å²) in [6, 6.07) is 15.5. The molecule has 3 rings (SSSR count). The Hall–Kier alpha value is -2.28. The van der Waals surface area contributed by atoms with Gasteiger partial charge in [0.05, 0.1) is 12.2 Å². The lowest BCUT2D eigenvalue weighted by Crippen LogP contribution is -2.50. The number of rotatable bonds is 7. The Balaban J connectivity index is 1.48. The number of carbonyl (C=O) groups is 1. The van der Waals surface area contributed by atoms with E-state index in [0.717, 1.165) is 11.3 Å². The van der Waals surface area contributed by atoms with Gasteiger partial charge in [-0.25, -0.2) is 0 Å². The molecule has 0 aliphatic carbocycles. The van der Waals surface area contributed by atoms with Crippen LogP contribution in [-0.2, 0) is 17.8 Å². The second kappa shape index (κ2) is 8.40. The van der Waals surface area contributed by atoms with Gasteiger partial charge < -0.3 is 20.4 Å². The summed E-state index contributed by atoms with van der Waals surface area (Å²) in [4.78, 5) is 18.2. The molecule has 6 nitrogen and oxygen atoms in total. The number of aliphatic hydroxyl groups is 2. The maximum Gasteiger partial charge on any atom is 0.223 e. The summed E-state index contributed by atoms with van der Waals surface area (Å²) in [5, 5.41) is 24.1. The van der Waals surface area contributed by atoms with Crippen molar-refractivity contribution in [2.45, 2.75) is 31.1 Å². The highest BCUT2D eigenvalue weighted by Gasteiger charge is 2.45. The molecule has 1 aromatic carbocycles. The van der Waals surface area contributed by atoms with Gasteiger partial charge in [0.2, 0.25) is 5.91 Å². The molecule has 3 N–H and O–H groups in total. The number of benzene rings is 1. The summed E-state index contributed by atoms with van der Waals surface area (Å²) in [6.45, 7) is 0.997. The third-order valence-electron chi connectivity index (χ3n) is 4.76. The summed E-state index contributed by atoms with van der Waals surface area (Å²) < 4.78 is 0. The summed E-state index contributed by atoms with van der Waals surface area (Å²) in [6.07, 6.45) is 1.78. The number of hydrogen-bond donors (Lipinski definition) is 3. The summed E-state index contributed by atoms with van der Waals surface area (Å²) >= 11 is 0. The Bertz CT molecular complexity index is 711. The average molecular weight is 355 g/mol. The van der Waals surface area contributed by atoms with Crippen molar-refractivity contribution in [2.24, 2.45) is 0 Å². The number of β-amino-alcohol motifs (C(OH)–C–C–N with tert-alkyl or cyclic N) is 2. The number of aryl methyl sites for hydroxylation is 1. The van der Waals surface area contributed by atoms with E-state index < -0.39 is 11.7 Å². The van der Waals surface area contributed by atoms with E-state index in [-0.39, 0.29) is 25.5 Å². The van der Waals surface area contributed by atoms with Crippen molar-refractivity contribution >= 4 is 5.91 Å². The maximum atomic E-state index is 12.4. The molecule has 2 heterocycles. The predicted octanol–water partition coefficient (Wildman–Crippen LogP) is 0.738. The summed E-state index contributed by atoms with van der Waals surface area (Å²) in [5.41, 5.74) is 0.629. The number of aliphatic hydroxyl groups excluding tert-OH is 1. The first-order chi connectivity index (χ1) is 12.6. The van der Waals surface area contributed by atoms with E-state index in [4.69, 9.17) is 0 Å². The van der Waals surface area contributed by atoms with E-state index in [0.29, 0.717) is 19.4 Å². The van der Waals surface area contributed by atoms with E-state index in [1.165, 1.54) is 0 Å². The van der Waals surface area contributed by atoms with Gasteiger partial charge >= 0.3 is 0 Å². The zero-order chi connectivity index (χ0) is 18.4. The van der Waals surface area contributed by atoms with Gasteiger partial charge in [0.1, 0.15) is 11.7 Å². The molecule has 0 spiro atoms. The third-order valence-corrected chi connectivity index (χ3v) is 4.76. The Morgan fingerprint density at radius 2 is 2.00 bits per heavy atom. The van der Waals surface area contributed by atoms with E-state index in [9.17, 15) is 15.0 Å². The molecule has 1 aromatic heterocycles. The van der Waals surface area contributed by atoms with Crippen LogP contribution >= 0.6 is 0 Å². The molecular formula is C20H25N3O3. The number of nitrogens with zero attached hydrogens (tertiary/aromatic N) is 2. The first-order valence-corrected chi connectivity index (χ1v) is 8.89. The monoisotopic (exact) mass is 355 g/mol. The van der Waals surface area contributed by atoms with Gasteiger partial charge in [0.25, 0.3) is 0 Å². The van der Waals surface area contributed by atoms with Gasteiger partial charge in [-0.15, -0.1) is 0 Å². The van der Waals surface area contributed by atoms with Crippen LogP contribution in [0.4, 0.5) is 0 Å². The second-order valence-electron chi connectivity index (χ2n) is 6.80. The Morgan fingerprint density at radius 3 is 2.73 bits per heavy atom. The summed E-state index contributed by atoms with van der Waals surface area (Å²) in [5.74, 6) is -0.0476. The molecular weight excluding hydrogens is 330 g/mol. The van der Waals surface area contributed by atoms with Crippen molar-refractivity contribution in [3.05, 3.63) is 66.0 Å². The number of aromatic nitrogens is 1. The minimum atomic E-state index is -1.34. The number of likely N-dealkylation sites (tertiary alicyclic amines) is 1. The lowest BCUT2D eigenvalue weighted by Gasteiger charge is -2.26. The van der Waals surface area contributed by atoms with Crippen LogP contribution in [0, 0.1) is 0 Å². The highest BCUT2D eigenvalue weighted by atomic mass is 16.3. The fourth-order valence-corrected chi connectivity index (χ4v) is 3.21. The quantitative estimate of drug-likeness (QED) is 0.682. The van der Waals surface area contributed by atoms with Crippen LogP contribution < -0.4 is 5.32 Å². The topological polar surface area (TPSA) is 85.7 Å². The molecule has 0 bridgehead atoms. The lowest BCUT2D eigenvalue weighted by atomic mass is 10.0. The van der Waals surface area contributed by atoms with Crippen LogP contribution in [-0.4, -0.2) is 57.3 Å². The van der Waals surface area contributed by atoms with E-state index in [1.54, 1.807) is 11.1 Å². The van der Waals surface area contributed by atoms with Gasteiger partial charge in [-0.2, -0.15) is 0 Å². The molecule has 1 aliphatic rings. The SMILES string of the molecule is O=C(CCc1ccccc1)N1C[C@@H](O)[C@](O)(CNCc2ccccn2)C1. The van der Waals surface area contributed by atoms with Crippen molar-refractivity contribution in [3.8, 4) is 0 Å². The Morgan fingerprint density at radius 1 is 1.23 bits per heavy atom.